The highest BCUT2D eigenvalue weighted by Gasteiger charge is 2.32. The van der Waals surface area contributed by atoms with Crippen molar-refractivity contribution in [1.82, 2.24) is 20.0 Å². The van der Waals surface area contributed by atoms with E-state index < -0.39 is 0 Å². The van der Waals surface area contributed by atoms with Crippen molar-refractivity contribution < 1.29 is 9.59 Å². The Kier molecular flexibility index (Phi) is 6.21. The minimum Gasteiger partial charge on any atom is -0.353 e. The molecule has 1 aromatic carbocycles. The molecule has 1 saturated heterocycles. The van der Waals surface area contributed by atoms with Crippen molar-refractivity contribution >= 4 is 11.8 Å². The molecule has 2 fully saturated rings. The Morgan fingerprint density at radius 3 is 2.40 bits per heavy atom. The summed E-state index contributed by atoms with van der Waals surface area (Å²) < 4.78 is 1.77. The normalized spacial score (nSPS) is 19.1. The molecule has 160 valence electrons. The summed E-state index contributed by atoms with van der Waals surface area (Å²) in [6.45, 7) is 5.32. The van der Waals surface area contributed by atoms with Gasteiger partial charge in [0.05, 0.1) is 16.9 Å². The maximum absolute atomic E-state index is 13.1. The number of piperidine rings is 1. The number of rotatable bonds is 5. The molecular formula is C24H32N4O2. The Balaban J connectivity index is 1.34. The molecule has 6 heteroatoms. The number of likely N-dealkylation sites (tertiary alicyclic amines) is 1. The Bertz CT molecular complexity index is 878. The molecule has 1 atom stereocenters. The van der Waals surface area contributed by atoms with Crippen molar-refractivity contribution in [3.63, 3.8) is 0 Å². The lowest BCUT2D eigenvalue weighted by Gasteiger charge is -2.34. The summed E-state index contributed by atoms with van der Waals surface area (Å²) >= 11 is 0. The average molecular weight is 409 g/mol. The fourth-order valence-corrected chi connectivity index (χ4v) is 4.77. The highest BCUT2D eigenvalue weighted by molar-refractivity contribution is 5.95. The van der Waals surface area contributed by atoms with Gasteiger partial charge in [-0.2, -0.15) is 5.10 Å². The third-order valence-corrected chi connectivity index (χ3v) is 6.80. The number of hydrogen-bond acceptors (Lipinski definition) is 3. The summed E-state index contributed by atoms with van der Waals surface area (Å²) in [7, 11) is 0. The number of aromatic nitrogens is 2. The number of carbonyl (C=O) groups excluding carboxylic acids is 2. The molecule has 6 nitrogen and oxygen atoms in total. The van der Waals surface area contributed by atoms with Crippen LogP contribution in [0.4, 0.5) is 0 Å². The lowest BCUT2D eigenvalue weighted by molar-refractivity contribution is -0.127. The summed E-state index contributed by atoms with van der Waals surface area (Å²) in [4.78, 5) is 27.6. The number of nitrogens with one attached hydrogen (secondary N) is 1. The summed E-state index contributed by atoms with van der Waals surface area (Å²) in [5.41, 5.74) is 2.35. The van der Waals surface area contributed by atoms with Crippen LogP contribution in [0.2, 0.25) is 0 Å². The van der Waals surface area contributed by atoms with Gasteiger partial charge in [-0.15, -0.1) is 0 Å². The second-order valence-corrected chi connectivity index (χ2v) is 8.82. The van der Waals surface area contributed by atoms with Crippen LogP contribution in [0.3, 0.4) is 0 Å². The summed E-state index contributed by atoms with van der Waals surface area (Å²) in [5.74, 6) is 0.567. The summed E-state index contributed by atoms with van der Waals surface area (Å²) in [5, 5.41) is 7.76. The Labute approximate surface area is 178 Å². The molecule has 0 bridgehead atoms. The van der Waals surface area contributed by atoms with Gasteiger partial charge in [0, 0.05) is 31.2 Å². The predicted octanol–water partition coefficient (Wildman–Crippen LogP) is 3.73. The van der Waals surface area contributed by atoms with Crippen molar-refractivity contribution in [3.8, 4) is 5.69 Å². The Morgan fingerprint density at radius 1 is 1.07 bits per heavy atom. The molecule has 1 saturated carbocycles. The molecule has 0 spiro atoms. The lowest BCUT2D eigenvalue weighted by atomic mass is 9.84. The van der Waals surface area contributed by atoms with E-state index in [1.807, 2.05) is 55.3 Å². The zero-order valence-electron chi connectivity index (χ0n) is 18.0. The van der Waals surface area contributed by atoms with E-state index >= 15 is 0 Å². The fraction of sp³-hybridized carbons (Fsp3) is 0.542. The summed E-state index contributed by atoms with van der Waals surface area (Å²) in [6, 6.07) is 10.2. The van der Waals surface area contributed by atoms with Crippen molar-refractivity contribution in [3.05, 3.63) is 47.8 Å². The topological polar surface area (TPSA) is 67.2 Å². The van der Waals surface area contributed by atoms with Gasteiger partial charge in [0.25, 0.3) is 5.91 Å². The van der Waals surface area contributed by atoms with Crippen molar-refractivity contribution in [2.45, 2.75) is 58.4 Å². The van der Waals surface area contributed by atoms with Crippen LogP contribution in [-0.4, -0.2) is 45.6 Å². The van der Waals surface area contributed by atoms with Gasteiger partial charge in [0.1, 0.15) is 0 Å². The zero-order valence-corrected chi connectivity index (χ0v) is 18.0. The van der Waals surface area contributed by atoms with Crippen LogP contribution in [0.1, 0.15) is 61.5 Å². The largest absolute Gasteiger partial charge is 0.353 e. The third-order valence-electron chi connectivity index (χ3n) is 6.80. The monoisotopic (exact) mass is 408 g/mol. The molecule has 30 heavy (non-hydrogen) atoms. The van der Waals surface area contributed by atoms with E-state index in [0.717, 1.165) is 37.1 Å². The van der Waals surface area contributed by atoms with Crippen molar-refractivity contribution in [2.24, 2.45) is 11.8 Å². The molecule has 1 aliphatic carbocycles. The van der Waals surface area contributed by atoms with Crippen LogP contribution in [0.25, 0.3) is 5.69 Å². The third kappa shape index (κ3) is 4.42. The van der Waals surface area contributed by atoms with E-state index in [9.17, 15) is 9.59 Å². The molecule has 2 amide bonds. The lowest BCUT2D eigenvalue weighted by Crippen LogP contribution is -2.44. The minimum atomic E-state index is 0.00502. The smallest absolute Gasteiger partial charge is 0.257 e. The molecule has 2 heterocycles. The van der Waals surface area contributed by atoms with Gasteiger partial charge >= 0.3 is 0 Å². The Hall–Kier alpha value is -2.63. The molecular weight excluding hydrogens is 376 g/mol. The van der Waals surface area contributed by atoms with E-state index in [1.54, 1.807) is 4.68 Å². The van der Waals surface area contributed by atoms with E-state index in [1.165, 1.54) is 12.8 Å². The zero-order chi connectivity index (χ0) is 21.1. The maximum atomic E-state index is 13.1. The molecule has 1 aromatic heterocycles. The van der Waals surface area contributed by atoms with Gasteiger partial charge in [-0.05, 0) is 50.7 Å². The molecule has 2 aliphatic rings. The molecule has 0 unspecified atom stereocenters. The van der Waals surface area contributed by atoms with Gasteiger partial charge < -0.3 is 10.2 Å². The first-order chi connectivity index (χ1) is 14.5. The van der Waals surface area contributed by atoms with Gasteiger partial charge in [0.2, 0.25) is 5.91 Å². The first-order valence-electron chi connectivity index (χ1n) is 11.2. The number of para-hydroxylation sites is 1. The van der Waals surface area contributed by atoms with Crippen LogP contribution in [-0.2, 0) is 4.79 Å². The number of carbonyl (C=O) groups is 2. The second-order valence-electron chi connectivity index (χ2n) is 8.82. The average Bonchev–Trinajstić information content (AvgIpc) is 3.43. The molecule has 4 rings (SSSR count). The maximum Gasteiger partial charge on any atom is 0.257 e. The molecule has 1 aliphatic heterocycles. The first kappa shape index (κ1) is 20.6. The van der Waals surface area contributed by atoms with Gasteiger partial charge in [-0.3, -0.25) is 9.59 Å². The first-order valence-corrected chi connectivity index (χ1v) is 11.2. The number of hydrogen-bond donors (Lipinski definition) is 1. The van der Waals surface area contributed by atoms with Gasteiger partial charge in [-0.1, -0.05) is 38.0 Å². The quantitative estimate of drug-likeness (QED) is 0.820. The second kappa shape index (κ2) is 9.02. The van der Waals surface area contributed by atoms with Crippen LogP contribution in [0.15, 0.2) is 36.5 Å². The number of aryl methyl sites for hydroxylation is 1. The fourth-order valence-electron chi connectivity index (χ4n) is 4.77. The number of nitrogens with zero attached hydrogens (tertiary/aromatic N) is 3. The number of benzene rings is 1. The highest BCUT2D eigenvalue weighted by Crippen LogP contribution is 2.27. The van der Waals surface area contributed by atoms with E-state index in [-0.39, 0.29) is 17.7 Å². The standard InChI is InChI=1S/C24H32N4O2/c1-17(23(29)25-20-8-6-7-9-20)19-12-14-27(15-13-19)24(30)22-16-28(26-18(22)2)21-10-4-3-5-11-21/h3-5,10-11,16-17,19-20H,6-9,12-15H2,1-2H3,(H,25,29)/t17-/m0/s1. The molecule has 1 N–H and O–H groups in total. The van der Waals surface area contributed by atoms with Gasteiger partial charge in [-0.25, -0.2) is 4.68 Å². The summed E-state index contributed by atoms with van der Waals surface area (Å²) in [6.07, 6.45) is 8.24. The van der Waals surface area contributed by atoms with Gasteiger partial charge in [0.15, 0.2) is 0 Å². The van der Waals surface area contributed by atoms with Crippen LogP contribution in [0, 0.1) is 18.8 Å². The van der Waals surface area contributed by atoms with Crippen molar-refractivity contribution in [1.29, 1.82) is 0 Å². The van der Waals surface area contributed by atoms with E-state index in [2.05, 4.69) is 10.4 Å². The Morgan fingerprint density at radius 2 is 1.73 bits per heavy atom. The SMILES string of the molecule is Cc1nn(-c2ccccc2)cc1C(=O)N1CCC([C@H](C)C(=O)NC2CCCC2)CC1. The van der Waals surface area contributed by atoms with Crippen LogP contribution >= 0.6 is 0 Å². The van der Waals surface area contributed by atoms with Crippen molar-refractivity contribution in [2.75, 3.05) is 13.1 Å². The van der Waals surface area contributed by atoms with Crippen LogP contribution in [0.5, 0.6) is 0 Å². The van der Waals surface area contributed by atoms with E-state index in [0.29, 0.717) is 30.6 Å². The minimum absolute atomic E-state index is 0.00502. The predicted molar refractivity (Wildman–Crippen MR) is 116 cm³/mol. The number of amides is 2. The highest BCUT2D eigenvalue weighted by atomic mass is 16.2. The molecule has 2 aromatic rings. The van der Waals surface area contributed by atoms with E-state index in [4.69, 9.17) is 0 Å². The molecule has 0 radical (unpaired) electrons. The van der Waals surface area contributed by atoms with Crippen LogP contribution < -0.4 is 5.32 Å².